The third-order valence-electron chi connectivity index (χ3n) is 5.58. The first kappa shape index (κ1) is 19.7. The van der Waals surface area contributed by atoms with Gasteiger partial charge in [0, 0.05) is 22.1 Å². The molecule has 0 aliphatic carbocycles. The van der Waals surface area contributed by atoms with Crippen molar-refractivity contribution in [2.24, 2.45) is 0 Å². The number of rotatable bonds is 4. The van der Waals surface area contributed by atoms with Crippen molar-refractivity contribution in [1.82, 2.24) is 15.0 Å². The largest absolute Gasteiger partial charge is 0.337 e. The van der Waals surface area contributed by atoms with Gasteiger partial charge in [0.2, 0.25) is 11.7 Å². The minimum atomic E-state index is -0.196. The summed E-state index contributed by atoms with van der Waals surface area (Å²) < 4.78 is 6.55. The van der Waals surface area contributed by atoms with E-state index in [4.69, 9.17) is 4.52 Å². The predicted molar refractivity (Wildman–Crippen MR) is 122 cm³/mol. The quantitative estimate of drug-likeness (QED) is 0.356. The van der Waals surface area contributed by atoms with E-state index in [0.29, 0.717) is 23.8 Å². The monoisotopic (exact) mass is 473 g/mol. The summed E-state index contributed by atoms with van der Waals surface area (Å²) in [5.74, 6) is 1.02. The van der Waals surface area contributed by atoms with Gasteiger partial charge < -0.3 is 9.42 Å². The molecule has 1 aliphatic heterocycles. The van der Waals surface area contributed by atoms with E-state index in [1.165, 1.54) is 0 Å². The van der Waals surface area contributed by atoms with E-state index in [2.05, 4.69) is 38.2 Å². The van der Waals surface area contributed by atoms with E-state index < -0.39 is 0 Å². The Kier molecular flexibility index (Phi) is 5.38. The van der Waals surface area contributed by atoms with E-state index >= 15 is 0 Å². The number of carbonyl (C=O) groups is 1. The van der Waals surface area contributed by atoms with Crippen molar-refractivity contribution in [2.45, 2.75) is 18.9 Å². The number of benzene rings is 3. The highest BCUT2D eigenvalue weighted by atomic mass is 79.9. The van der Waals surface area contributed by atoms with Gasteiger partial charge in [-0.15, -0.1) is 0 Å². The van der Waals surface area contributed by atoms with Gasteiger partial charge in [-0.1, -0.05) is 63.6 Å². The maximum atomic E-state index is 13.2. The standard InChI is InChI=1S/C25H20BrN3O2/c26-21-14-12-19(13-15-21)23-27-24(31-28-23)22-7-4-16-29(22)25(30)20-10-8-18(9-11-20)17-5-2-1-3-6-17/h1-3,5-6,8-15,22H,4,7,16H2. The molecule has 1 amide bonds. The van der Waals surface area contributed by atoms with E-state index in [0.717, 1.165) is 34.0 Å². The van der Waals surface area contributed by atoms with Crippen molar-refractivity contribution in [3.05, 3.63) is 94.8 Å². The van der Waals surface area contributed by atoms with Crippen LogP contribution in [0.3, 0.4) is 0 Å². The predicted octanol–water partition coefficient (Wildman–Crippen LogP) is 6.14. The SMILES string of the molecule is O=C(c1ccc(-c2ccccc2)cc1)N1CCCC1c1nc(-c2ccc(Br)cc2)no1. The van der Waals surface area contributed by atoms with Crippen molar-refractivity contribution in [3.63, 3.8) is 0 Å². The number of halogens is 1. The Bertz CT molecular complexity index is 1190. The van der Waals surface area contributed by atoms with Gasteiger partial charge in [-0.3, -0.25) is 4.79 Å². The van der Waals surface area contributed by atoms with Crippen LogP contribution in [0.25, 0.3) is 22.5 Å². The molecule has 1 fully saturated rings. The van der Waals surface area contributed by atoms with E-state index in [9.17, 15) is 4.79 Å². The lowest BCUT2D eigenvalue weighted by atomic mass is 10.0. The molecule has 1 unspecified atom stereocenters. The van der Waals surface area contributed by atoms with Crippen molar-refractivity contribution in [2.75, 3.05) is 6.54 Å². The molecule has 1 aliphatic rings. The summed E-state index contributed by atoms with van der Waals surface area (Å²) in [4.78, 5) is 19.7. The number of carbonyl (C=O) groups excluding carboxylic acids is 1. The smallest absolute Gasteiger partial charge is 0.254 e. The fourth-order valence-electron chi connectivity index (χ4n) is 3.95. The van der Waals surface area contributed by atoms with Gasteiger partial charge in [-0.2, -0.15) is 4.98 Å². The summed E-state index contributed by atoms with van der Waals surface area (Å²) >= 11 is 3.43. The topological polar surface area (TPSA) is 59.2 Å². The lowest BCUT2D eigenvalue weighted by Crippen LogP contribution is -2.30. The highest BCUT2D eigenvalue weighted by molar-refractivity contribution is 9.10. The summed E-state index contributed by atoms with van der Waals surface area (Å²) in [5, 5.41) is 4.13. The molecule has 3 aromatic carbocycles. The molecule has 31 heavy (non-hydrogen) atoms. The number of hydrogen-bond acceptors (Lipinski definition) is 4. The molecule has 0 radical (unpaired) electrons. The fourth-order valence-corrected chi connectivity index (χ4v) is 4.22. The maximum Gasteiger partial charge on any atom is 0.254 e. The Balaban J connectivity index is 1.35. The second-order valence-electron chi connectivity index (χ2n) is 7.56. The van der Waals surface area contributed by atoms with Gasteiger partial charge in [0.05, 0.1) is 0 Å². The van der Waals surface area contributed by atoms with Crippen LogP contribution in [-0.2, 0) is 0 Å². The molecule has 1 aromatic heterocycles. The molecular formula is C25H20BrN3O2. The average molecular weight is 474 g/mol. The van der Waals surface area contributed by atoms with Crippen molar-refractivity contribution < 1.29 is 9.32 Å². The summed E-state index contributed by atoms with van der Waals surface area (Å²) in [6.45, 7) is 0.680. The zero-order chi connectivity index (χ0) is 21.2. The summed E-state index contributed by atoms with van der Waals surface area (Å²) in [7, 11) is 0. The van der Waals surface area contributed by atoms with Crippen molar-refractivity contribution in [3.8, 4) is 22.5 Å². The van der Waals surface area contributed by atoms with Crippen LogP contribution in [0.5, 0.6) is 0 Å². The fraction of sp³-hybridized carbons (Fsp3) is 0.160. The van der Waals surface area contributed by atoms with Gasteiger partial charge >= 0.3 is 0 Å². The molecule has 2 heterocycles. The average Bonchev–Trinajstić information content (AvgIpc) is 3.50. The first-order valence-electron chi connectivity index (χ1n) is 10.2. The van der Waals surface area contributed by atoms with Crippen LogP contribution < -0.4 is 0 Å². The van der Waals surface area contributed by atoms with Gasteiger partial charge in [0.15, 0.2) is 0 Å². The molecule has 0 saturated carbocycles. The second-order valence-corrected chi connectivity index (χ2v) is 8.48. The summed E-state index contributed by atoms with van der Waals surface area (Å²) in [6, 6.07) is 25.5. The van der Waals surface area contributed by atoms with Gasteiger partial charge in [0.1, 0.15) is 6.04 Å². The Morgan fingerprint density at radius 1 is 0.903 bits per heavy atom. The van der Waals surface area contributed by atoms with Crippen molar-refractivity contribution in [1.29, 1.82) is 0 Å². The minimum Gasteiger partial charge on any atom is -0.337 e. The first-order valence-corrected chi connectivity index (χ1v) is 11.0. The maximum absolute atomic E-state index is 13.2. The van der Waals surface area contributed by atoms with Gasteiger partial charge in [-0.05, 0) is 60.4 Å². The lowest BCUT2D eigenvalue weighted by Gasteiger charge is -2.22. The number of aromatic nitrogens is 2. The molecule has 0 spiro atoms. The van der Waals surface area contributed by atoms with E-state index in [1.54, 1.807) is 0 Å². The molecule has 6 heteroatoms. The highest BCUT2D eigenvalue weighted by Crippen LogP contribution is 2.33. The van der Waals surface area contributed by atoms with Crippen LogP contribution in [0.15, 0.2) is 87.9 Å². The van der Waals surface area contributed by atoms with Gasteiger partial charge in [-0.25, -0.2) is 0 Å². The van der Waals surface area contributed by atoms with Gasteiger partial charge in [0.25, 0.3) is 5.91 Å². The Morgan fingerprint density at radius 2 is 1.58 bits per heavy atom. The molecule has 5 nitrogen and oxygen atoms in total. The Hall–Kier alpha value is -3.25. The number of nitrogens with zero attached hydrogens (tertiary/aromatic N) is 3. The van der Waals surface area contributed by atoms with E-state index in [-0.39, 0.29) is 11.9 Å². The zero-order valence-electron chi connectivity index (χ0n) is 16.7. The first-order chi connectivity index (χ1) is 15.2. The normalized spacial score (nSPS) is 15.9. The number of amides is 1. The van der Waals surface area contributed by atoms with Crippen molar-refractivity contribution >= 4 is 21.8 Å². The van der Waals surface area contributed by atoms with Crippen LogP contribution in [0.4, 0.5) is 0 Å². The van der Waals surface area contributed by atoms with Crippen LogP contribution in [0.2, 0.25) is 0 Å². The van der Waals surface area contributed by atoms with Crippen LogP contribution in [0, 0.1) is 0 Å². The Morgan fingerprint density at radius 3 is 2.32 bits per heavy atom. The Labute approximate surface area is 188 Å². The summed E-state index contributed by atoms with van der Waals surface area (Å²) in [5.41, 5.74) is 3.77. The van der Waals surface area contributed by atoms with Crippen LogP contribution in [-0.4, -0.2) is 27.5 Å². The molecule has 1 atom stereocenters. The lowest BCUT2D eigenvalue weighted by molar-refractivity contribution is 0.0710. The molecule has 0 bridgehead atoms. The molecule has 1 saturated heterocycles. The zero-order valence-corrected chi connectivity index (χ0v) is 18.3. The highest BCUT2D eigenvalue weighted by Gasteiger charge is 2.34. The number of hydrogen-bond donors (Lipinski definition) is 0. The number of likely N-dealkylation sites (tertiary alicyclic amines) is 1. The van der Waals surface area contributed by atoms with Crippen LogP contribution in [0.1, 0.15) is 35.1 Å². The molecule has 4 aromatic rings. The molecular weight excluding hydrogens is 454 g/mol. The van der Waals surface area contributed by atoms with E-state index in [1.807, 2.05) is 71.6 Å². The minimum absolute atomic E-state index is 0.00879. The third-order valence-corrected chi connectivity index (χ3v) is 6.11. The van der Waals surface area contributed by atoms with Crippen LogP contribution >= 0.6 is 15.9 Å². The summed E-state index contributed by atoms with van der Waals surface area (Å²) in [6.07, 6.45) is 1.73. The molecule has 154 valence electrons. The molecule has 0 N–H and O–H groups in total. The molecule has 5 rings (SSSR count). The third kappa shape index (κ3) is 4.03. The second kappa shape index (κ2) is 8.47.